The lowest BCUT2D eigenvalue weighted by Gasteiger charge is -2.30. The molecule has 0 bridgehead atoms. The standard InChI is InChI=1S/C20H23N5O3S/c1-13-5-4-8-24(12-13)20-23-25-18(27)16(11-22-19(25)29-20)17(26)21-10-14-6-3-7-15(9-14)28-2/h3,6-7,9,11,13H,4-5,8,10,12H2,1-2H3,(H,21,26). The molecule has 2 aromatic heterocycles. The first-order valence-corrected chi connectivity index (χ1v) is 10.4. The maximum atomic E-state index is 12.8. The van der Waals surface area contributed by atoms with Crippen LogP contribution in [0.3, 0.4) is 0 Å². The second-order valence-corrected chi connectivity index (χ2v) is 8.22. The summed E-state index contributed by atoms with van der Waals surface area (Å²) in [6.45, 7) is 4.34. The van der Waals surface area contributed by atoms with Gasteiger partial charge in [-0.2, -0.15) is 4.52 Å². The van der Waals surface area contributed by atoms with Crippen LogP contribution in [0.2, 0.25) is 0 Å². The smallest absolute Gasteiger partial charge is 0.288 e. The predicted octanol–water partition coefficient (Wildman–Crippen LogP) is 2.33. The summed E-state index contributed by atoms with van der Waals surface area (Å²) in [4.78, 5) is 32.3. The van der Waals surface area contributed by atoms with Gasteiger partial charge in [0.25, 0.3) is 11.5 Å². The Morgan fingerprint density at radius 1 is 1.41 bits per heavy atom. The first-order valence-electron chi connectivity index (χ1n) is 9.60. The van der Waals surface area contributed by atoms with Crippen molar-refractivity contribution in [3.63, 3.8) is 0 Å². The average Bonchev–Trinajstić information content (AvgIpc) is 3.18. The highest BCUT2D eigenvalue weighted by atomic mass is 32.1. The number of nitrogens with one attached hydrogen (secondary N) is 1. The Hall–Kier alpha value is -2.94. The molecule has 1 saturated heterocycles. The Bertz CT molecular complexity index is 1090. The summed E-state index contributed by atoms with van der Waals surface area (Å²) in [6.07, 6.45) is 3.65. The van der Waals surface area contributed by atoms with Gasteiger partial charge in [-0.15, -0.1) is 5.10 Å². The SMILES string of the molecule is COc1cccc(CNC(=O)c2cnc3sc(N4CCCC(C)C4)nn3c2=O)c1. The summed E-state index contributed by atoms with van der Waals surface area (Å²) < 4.78 is 6.42. The second-order valence-electron chi connectivity index (χ2n) is 7.28. The first kappa shape index (κ1) is 19.4. The van der Waals surface area contributed by atoms with Crippen molar-refractivity contribution in [1.82, 2.24) is 19.9 Å². The van der Waals surface area contributed by atoms with Crippen LogP contribution in [0.5, 0.6) is 5.75 Å². The van der Waals surface area contributed by atoms with Gasteiger partial charge in [-0.3, -0.25) is 9.59 Å². The Morgan fingerprint density at radius 2 is 2.28 bits per heavy atom. The van der Waals surface area contributed by atoms with Gasteiger partial charge in [0, 0.05) is 25.8 Å². The van der Waals surface area contributed by atoms with E-state index in [1.807, 2.05) is 24.3 Å². The highest BCUT2D eigenvalue weighted by Crippen LogP contribution is 2.26. The Morgan fingerprint density at radius 3 is 3.07 bits per heavy atom. The number of piperidine rings is 1. The molecule has 9 heteroatoms. The van der Waals surface area contributed by atoms with Gasteiger partial charge in [-0.05, 0) is 36.5 Å². The fraction of sp³-hybridized carbons (Fsp3) is 0.400. The van der Waals surface area contributed by atoms with Crippen molar-refractivity contribution in [2.24, 2.45) is 5.92 Å². The number of ether oxygens (including phenoxy) is 1. The Labute approximate surface area is 172 Å². The van der Waals surface area contributed by atoms with E-state index in [1.54, 1.807) is 7.11 Å². The number of hydrogen-bond acceptors (Lipinski definition) is 7. The van der Waals surface area contributed by atoms with Crippen LogP contribution in [0.15, 0.2) is 35.3 Å². The Kier molecular flexibility index (Phi) is 5.48. The van der Waals surface area contributed by atoms with E-state index in [-0.39, 0.29) is 12.1 Å². The number of methoxy groups -OCH3 is 1. The second kappa shape index (κ2) is 8.20. The lowest BCUT2D eigenvalue weighted by molar-refractivity contribution is 0.0948. The third-order valence-electron chi connectivity index (χ3n) is 5.04. The molecule has 1 aliphatic heterocycles. The molecule has 0 spiro atoms. The number of nitrogens with zero attached hydrogens (tertiary/aromatic N) is 4. The number of aromatic nitrogens is 3. The van der Waals surface area contributed by atoms with Crippen LogP contribution >= 0.6 is 11.3 Å². The monoisotopic (exact) mass is 413 g/mol. The molecule has 1 fully saturated rings. The van der Waals surface area contributed by atoms with Crippen molar-refractivity contribution >= 4 is 27.3 Å². The molecule has 4 rings (SSSR count). The molecule has 29 heavy (non-hydrogen) atoms. The van der Waals surface area contributed by atoms with Crippen molar-refractivity contribution in [2.75, 3.05) is 25.1 Å². The molecule has 0 radical (unpaired) electrons. The molecule has 152 valence electrons. The Balaban J connectivity index is 1.53. The van der Waals surface area contributed by atoms with Gasteiger partial charge in [0.2, 0.25) is 10.1 Å². The van der Waals surface area contributed by atoms with Crippen LogP contribution in [0, 0.1) is 5.92 Å². The van der Waals surface area contributed by atoms with Gasteiger partial charge in [-0.25, -0.2) is 4.98 Å². The average molecular weight is 414 g/mol. The molecule has 1 atom stereocenters. The van der Waals surface area contributed by atoms with Crippen LogP contribution in [0.25, 0.3) is 4.96 Å². The summed E-state index contributed by atoms with van der Waals surface area (Å²) in [6, 6.07) is 7.39. The van der Waals surface area contributed by atoms with Gasteiger partial charge in [0.1, 0.15) is 11.3 Å². The molecular weight excluding hydrogens is 390 g/mol. The molecule has 1 N–H and O–H groups in total. The van der Waals surface area contributed by atoms with Gasteiger partial charge < -0.3 is 15.0 Å². The van der Waals surface area contributed by atoms with E-state index >= 15 is 0 Å². The van der Waals surface area contributed by atoms with E-state index in [1.165, 1.54) is 28.5 Å². The van der Waals surface area contributed by atoms with E-state index in [0.717, 1.165) is 30.2 Å². The van der Waals surface area contributed by atoms with Gasteiger partial charge in [-0.1, -0.05) is 30.4 Å². The molecular formula is C20H23N5O3S. The van der Waals surface area contributed by atoms with Gasteiger partial charge in [0.05, 0.1) is 7.11 Å². The topological polar surface area (TPSA) is 88.8 Å². The minimum absolute atomic E-state index is 0.0192. The minimum atomic E-state index is -0.471. The normalized spacial score (nSPS) is 16.8. The van der Waals surface area contributed by atoms with E-state index in [9.17, 15) is 9.59 Å². The molecule has 1 amide bonds. The lowest BCUT2D eigenvalue weighted by Crippen LogP contribution is -2.34. The number of benzene rings is 1. The highest BCUT2D eigenvalue weighted by molar-refractivity contribution is 7.20. The molecule has 8 nitrogen and oxygen atoms in total. The van der Waals surface area contributed by atoms with Gasteiger partial charge >= 0.3 is 0 Å². The first-order chi connectivity index (χ1) is 14.0. The maximum Gasteiger partial charge on any atom is 0.288 e. The van der Waals surface area contributed by atoms with Crippen molar-refractivity contribution in [1.29, 1.82) is 0 Å². The summed E-state index contributed by atoms with van der Waals surface area (Å²) in [7, 11) is 1.59. The van der Waals surface area contributed by atoms with Crippen molar-refractivity contribution in [3.8, 4) is 5.75 Å². The summed E-state index contributed by atoms with van der Waals surface area (Å²) in [5.41, 5.74) is 0.405. The summed E-state index contributed by atoms with van der Waals surface area (Å²) in [5.74, 6) is 0.834. The van der Waals surface area contributed by atoms with Crippen molar-refractivity contribution in [3.05, 3.63) is 51.9 Å². The lowest BCUT2D eigenvalue weighted by atomic mass is 10.0. The molecule has 3 heterocycles. The van der Waals surface area contributed by atoms with E-state index in [0.29, 0.717) is 16.6 Å². The predicted molar refractivity (Wildman–Crippen MR) is 112 cm³/mol. The zero-order chi connectivity index (χ0) is 20.4. The van der Waals surface area contributed by atoms with E-state index in [4.69, 9.17) is 4.74 Å². The largest absolute Gasteiger partial charge is 0.497 e. The molecule has 1 aliphatic rings. The summed E-state index contributed by atoms with van der Waals surface area (Å²) in [5, 5.41) is 7.98. The maximum absolute atomic E-state index is 12.8. The van der Waals surface area contributed by atoms with Crippen LogP contribution in [0.1, 0.15) is 35.7 Å². The third kappa shape index (κ3) is 4.09. The number of amides is 1. The van der Waals surface area contributed by atoms with E-state index < -0.39 is 11.5 Å². The molecule has 0 aliphatic carbocycles. The van der Waals surface area contributed by atoms with Crippen LogP contribution in [-0.2, 0) is 6.54 Å². The fourth-order valence-electron chi connectivity index (χ4n) is 3.48. The third-order valence-corrected chi connectivity index (χ3v) is 6.02. The number of rotatable bonds is 5. The minimum Gasteiger partial charge on any atom is -0.497 e. The number of anilines is 1. The number of carbonyl (C=O) groups is 1. The molecule has 0 saturated carbocycles. The summed E-state index contributed by atoms with van der Waals surface area (Å²) >= 11 is 1.38. The van der Waals surface area contributed by atoms with Crippen molar-refractivity contribution in [2.45, 2.75) is 26.3 Å². The quantitative estimate of drug-likeness (QED) is 0.691. The zero-order valence-corrected chi connectivity index (χ0v) is 17.2. The number of hydrogen-bond donors (Lipinski definition) is 1. The number of carbonyl (C=O) groups excluding carboxylic acids is 1. The van der Waals surface area contributed by atoms with Crippen molar-refractivity contribution < 1.29 is 9.53 Å². The molecule has 1 aromatic carbocycles. The number of fused-ring (bicyclic) bond motifs is 1. The van der Waals surface area contributed by atoms with E-state index in [2.05, 4.69) is 27.2 Å². The molecule has 3 aromatic rings. The van der Waals surface area contributed by atoms with Crippen LogP contribution < -0.4 is 20.5 Å². The molecule has 1 unspecified atom stereocenters. The zero-order valence-electron chi connectivity index (χ0n) is 16.4. The van der Waals surface area contributed by atoms with Gasteiger partial charge in [0.15, 0.2) is 0 Å². The fourth-order valence-corrected chi connectivity index (χ4v) is 4.38. The van der Waals surface area contributed by atoms with Crippen LogP contribution in [-0.4, -0.2) is 40.7 Å². The highest BCUT2D eigenvalue weighted by Gasteiger charge is 2.22. The van der Waals surface area contributed by atoms with Crippen LogP contribution in [0.4, 0.5) is 5.13 Å².